The molecule has 2 aromatic rings. The highest BCUT2D eigenvalue weighted by Crippen LogP contribution is 2.33. The van der Waals surface area contributed by atoms with Gasteiger partial charge in [-0.1, -0.05) is 19.1 Å². The molecule has 0 bridgehead atoms. The number of hydrogen-bond donors (Lipinski definition) is 1. The van der Waals surface area contributed by atoms with Gasteiger partial charge >= 0.3 is 6.18 Å². The molecule has 0 saturated carbocycles. The van der Waals surface area contributed by atoms with Crippen LogP contribution in [0.3, 0.4) is 0 Å². The summed E-state index contributed by atoms with van der Waals surface area (Å²) in [5.74, 6) is -1.47. The molecule has 0 spiro atoms. The van der Waals surface area contributed by atoms with E-state index in [1.54, 1.807) is 12.1 Å². The zero-order valence-corrected chi connectivity index (χ0v) is 12.8. The first kappa shape index (κ1) is 17.3. The van der Waals surface area contributed by atoms with Crippen LogP contribution in [-0.2, 0) is 22.6 Å². The molecule has 8 heteroatoms. The minimum atomic E-state index is -4.91. The number of sulfonamides is 1. The highest BCUT2D eigenvalue weighted by atomic mass is 32.2. The number of alkyl halides is 3. The molecule has 0 radical (unpaired) electrons. The molecule has 0 saturated heterocycles. The second-order valence-electron chi connectivity index (χ2n) is 4.80. The van der Waals surface area contributed by atoms with Crippen molar-refractivity contribution in [3.63, 3.8) is 0 Å². The van der Waals surface area contributed by atoms with Crippen LogP contribution in [0.1, 0.15) is 18.1 Å². The van der Waals surface area contributed by atoms with Gasteiger partial charge in [-0.25, -0.2) is 12.8 Å². The lowest BCUT2D eigenvalue weighted by molar-refractivity contribution is -0.139. The van der Waals surface area contributed by atoms with Gasteiger partial charge in [0.2, 0.25) is 0 Å². The maximum Gasteiger partial charge on any atom is 0.419 e. The number of nitrogens with one attached hydrogen (secondary N) is 1. The smallest absolute Gasteiger partial charge is 0.280 e. The lowest BCUT2D eigenvalue weighted by Gasteiger charge is -2.12. The van der Waals surface area contributed by atoms with Gasteiger partial charge in [0.15, 0.2) is 0 Å². The van der Waals surface area contributed by atoms with E-state index in [0.717, 1.165) is 18.1 Å². The quantitative estimate of drug-likeness (QED) is 0.842. The van der Waals surface area contributed by atoms with E-state index in [-0.39, 0.29) is 10.6 Å². The second kappa shape index (κ2) is 6.19. The van der Waals surface area contributed by atoms with Crippen LogP contribution in [0.5, 0.6) is 0 Å². The number of anilines is 1. The van der Waals surface area contributed by atoms with E-state index in [4.69, 9.17) is 0 Å². The summed E-state index contributed by atoms with van der Waals surface area (Å²) < 4.78 is 77.5. The number of rotatable bonds is 4. The minimum absolute atomic E-state index is 0.0902. The van der Waals surface area contributed by atoms with Crippen molar-refractivity contribution in [3.8, 4) is 0 Å². The largest absolute Gasteiger partial charge is 0.419 e. The third-order valence-electron chi connectivity index (χ3n) is 3.17. The van der Waals surface area contributed by atoms with E-state index in [2.05, 4.69) is 0 Å². The summed E-state index contributed by atoms with van der Waals surface area (Å²) in [6.45, 7) is 1.90. The van der Waals surface area contributed by atoms with E-state index in [9.17, 15) is 26.0 Å². The first-order valence-electron chi connectivity index (χ1n) is 6.62. The molecule has 2 rings (SSSR count). The van der Waals surface area contributed by atoms with Crippen LogP contribution < -0.4 is 4.72 Å². The average Bonchev–Trinajstić information content (AvgIpc) is 2.48. The SMILES string of the molecule is CCc1ccc(S(=O)(=O)Nc2ccc(F)c(C(F)(F)F)c2)cc1. The lowest BCUT2D eigenvalue weighted by Crippen LogP contribution is -2.15. The van der Waals surface area contributed by atoms with Gasteiger partial charge in [0.05, 0.1) is 10.5 Å². The molecule has 3 nitrogen and oxygen atoms in total. The Balaban J connectivity index is 2.33. The van der Waals surface area contributed by atoms with E-state index in [0.29, 0.717) is 12.1 Å². The molecular formula is C15H13F4NO2S. The van der Waals surface area contributed by atoms with Gasteiger partial charge in [-0.2, -0.15) is 13.2 Å². The maximum absolute atomic E-state index is 13.2. The second-order valence-corrected chi connectivity index (χ2v) is 6.48. The highest BCUT2D eigenvalue weighted by molar-refractivity contribution is 7.92. The van der Waals surface area contributed by atoms with Gasteiger partial charge < -0.3 is 0 Å². The Hall–Kier alpha value is -2.09. The van der Waals surface area contributed by atoms with Crippen LogP contribution in [0.4, 0.5) is 23.2 Å². The van der Waals surface area contributed by atoms with Crippen molar-refractivity contribution >= 4 is 15.7 Å². The molecule has 0 amide bonds. The molecule has 0 aromatic heterocycles. The first-order valence-corrected chi connectivity index (χ1v) is 8.10. The summed E-state index contributed by atoms with van der Waals surface area (Å²) >= 11 is 0. The van der Waals surface area contributed by atoms with Gasteiger partial charge in [0, 0.05) is 5.69 Å². The molecule has 0 aliphatic heterocycles. The summed E-state index contributed by atoms with van der Waals surface area (Å²) in [6.07, 6.45) is -4.19. The summed E-state index contributed by atoms with van der Waals surface area (Å²) in [6, 6.07) is 7.86. The lowest BCUT2D eigenvalue weighted by atomic mass is 10.2. The fraction of sp³-hybridized carbons (Fsp3) is 0.200. The van der Waals surface area contributed by atoms with Crippen molar-refractivity contribution in [2.45, 2.75) is 24.4 Å². The predicted molar refractivity (Wildman–Crippen MR) is 78.0 cm³/mol. The monoisotopic (exact) mass is 347 g/mol. The van der Waals surface area contributed by atoms with Crippen LogP contribution >= 0.6 is 0 Å². The van der Waals surface area contributed by atoms with Crippen LogP contribution in [0, 0.1) is 5.82 Å². The van der Waals surface area contributed by atoms with E-state index < -0.39 is 27.6 Å². The van der Waals surface area contributed by atoms with Crippen molar-refractivity contribution in [3.05, 3.63) is 59.4 Å². The minimum Gasteiger partial charge on any atom is -0.280 e. The molecule has 2 aromatic carbocycles. The number of benzene rings is 2. The Morgan fingerprint density at radius 1 is 1.04 bits per heavy atom. The van der Waals surface area contributed by atoms with Crippen molar-refractivity contribution in [2.75, 3.05) is 4.72 Å². The number of halogens is 4. The summed E-state index contributed by atoms with van der Waals surface area (Å²) in [7, 11) is -4.05. The number of hydrogen-bond acceptors (Lipinski definition) is 2. The Labute approximate surface area is 131 Å². The molecular weight excluding hydrogens is 334 g/mol. The average molecular weight is 347 g/mol. The Morgan fingerprint density at radius 3 is 2.17 bits per heavy atom. The molecule has 0 aliphatic carbocycles. The van der Waals surface area contributed by atoms with Crippen LogP contribution in [0.25, 0.3) is 0 Å². The summed E-state index contributed by atoms with van der Waals surface area (Å²) in [5, 5.41) is 0. The fourth-order valence-corrected chi connectivity index (χ4v) is 2.97. The van der Waals surface area contributed by atoms with E-state index in [1.807, 2.05) is 11.6 Å². The van der Waals surface area contributed by atoms with Crippen LogP contribution in [-0.4, -0.2) is 8.42 Å². The Bertz CT molecular complexity index is 799. The van der Waals surface area contributed by atoms with Gasteiger partial charge in [-0.15, -0.1) is 0 Å². The summed E-state index contributed by atoms with van der Waals surface area (Å²) in [4.78, 5) is -0.0902. The van der Waals surface area contributed by atoms with Crippen molar-refractivity contribution in [1.29, 1.82) is 0 Å². The zero-order valence-electron chi connectivity index (χ0n) is 12.0. The molecule has 124 valence electrons. The van der Waals surface area contributed by atoms with Crippen LogP contribution in [0.2, 0.25) is 0 Å². The molecule has 0 aliphatic rings. The van der Waals surface area contributed by atoms with E-state index in [1.165, 1.54) is 12.1 Å². The van der Waals surface area contributed by atoms with Crippen molar-refractivity contribution in [2.24, 2.45) is 0 Å². The third-order valence-corrected chi connectivity index (χ3v) is 4.56. The van der Waals surface area contributed by atoms with Crippen LogP contribution in [0.15, 0.2) is 47.4 Å². The van der Waals surface area contributed by atoms with Gasteiger partial charge in [0.25, 0.3) is 10.0 Å². The Morgan fingerprint density at radius 2 is 1.65 bits per heavy atom. The molecule has 0 fully saturated rings. The maximum atomic E-state index is 13.2. The topological polar surface area (TPSA) is 46.2 Å². The molecule has 0 atom stereocenters. The number of aryl methyl sites for hydroxylation is 1. The van der Waals surface area contributed by atoms with Gasteiger partial charge in [-0.05, 0) is 42.3 Å². The fourth-order valence-electron chi connectivity index (χ4n) is 1.92. The molecule has 23 heavy (non-hydrogen) atoms. The summed E-state index contributed by atoms with van der Waals surface area (Å²) in [5.41, 5.74) is -0.970. The molecule has 0 heterocycles. The normalized spacial score (nSPS) is 12.2. The van der Waals surface area contributed by atoms with Gasteiger partial charge in [-0.3, -0.25) is 4.72 Å². The van der Waals surface area contributed by atoms with Gasteiger partial charge in [0.1, 0.15) is 5.82 Å². The Kier molecular flexibility index (Phi) is 4.65. The first-order chi connectivity index (χ1) is 10.6. The molecule has 0 unspecified atom stereocenters. The van der Waals surface area contributed by atoms with Crippen molar-refractivity contribution < 1.29 is 26.0 Å². The highest BCUT2D eigenvalue weighted by Gasteiger charge is 2.34. The van der Waals surface area contributed by atoms with E-state index >= 15 is 0 Å². The standard InChI is InChI=1S/C15H13F4NO2S/c1-2-10-3-6-12(7-4-10)23(21,22)20-11-5-8-14(16)13(9-11)15(17,18)19/h3-9,20H,2H2,1H3. The molecule has 1 N–H and O–H groups in total. The zero-order chi connectivity index (χ0) is 17.3. The predicted octanol–water partition coefficient (Wildman–Crippen LogP) is 4.21. The van der Waals surface area contributed by atoms with Crippen molar-refractivity contribution in [1.82, 2.24) is 0 Å². The third kappa shape index (κ3) is 4.01.